The van der Waals surface area contributed by atoms with Crippen LogP contribution >= 0.6 is 0 Å². The number of para-hydroxylation sites is 2. The van der Waals surface area contributed by atoms with E-state index >= 15 is 0 Å². The topological polar surface area (TPSA) is 75.3 Å². The number of carbonyl (C=O) groups excluding carboxylic acids is 1. The van der Waals surface area contributed by atoms with E-state index in [0.29, 0.717) is 24.0 Å². The third-order valence-electron chi connectivity index (χ3n) is 4.29. The van der Waals surface area contributed by atoms with Crippen LogP contribution in [-0.4, -0.2) is 40.0 Å². The molecule has 6 nitrogen and oxygen atoms in total. The van der Waals surface area contributed by atoms with Crippen molar-refractivity contribution in [3.63, 3.8) is 0 Å². The highest BCUT2D eigenvalue weighted by Crippen LogP contribution is 2.19. The number of hydrogen-bond donors (Lipinski definition) is 1. The predicted molar refractivity (Wildman–Crippen MR) is 93.7 cm³/mol. The molecule has 0 radical (unpaired) electrons. The molecule has 4 rings (SSSR count). The van der Waals surface area contributed by atoms with Gasteiger partial charge < -0.3 is 14.6 Å². The fourth-order valence-electron chi connectivity index (χ4n) is 3.04. The van der Waals surface area contributed by atoms with Crippen molar-refractivity contribution >= 4 is 16.8 Å². The highest BCUT2D eigenvalue weighted by atomic mass is 16.5. The molecule has 0 bridgehead atoms. The standard InChI is InChI=1S/C19H17N3O3/c23-18-15-8-4-5-9-16(15)20-17(21-18)19(24)22-11-10-14(12-22)25-13-6-2-1-3-7-13/h1-9,14H,10-12H2,(H,20,21,23). The fourth-order valence-corrected chi connectivity index (χ4v) is 3.04. The number of H-pyrrole nitrogens is 1. The quantitative estimate of drug-likeness (QED) is 0.796. The van der Waals surface area contributed by atoms with Crippen LogP contribution in [-0.2, 0) is 0 Å². The summed E-state index contributed by atoms with van der Waals surface area (Å²) in [6, 6.07) is 16.5. The lowest BCUT2D eigenvalue weighted by atomic mass is 10.2. The van der Waals surface area contributed by atoms with Crippen LogP contribution in [0.15, 0.2) is 59.4 Å². The number of fused-ring (bicyclic) bond motifs is 1. The smallest absolute Gasteiger partial charge is 0.289 e. The number of hydrogen-bond acceptors (Lipinski definition) is 4. The van der Waals surface area contributed by atoms with Crippen molar-refractivity contribution in [3.8, 4) is 5.75 Å². The van der Waals surface area contributed by atoms with E-state index in [1.165, 1.54) is 0 Å². The first kappa shape index (κ1) is 15.4. The van der Waals surface area contributed by atoms with Gasteiger partial charge in [0.25, 0.3) is 11.5 Å². The normalized spacial score (nSPS) is 17.0. The molecule has 1 amide bonds. The van der Waals surface area contributed by atoms with Gasteiger partial charge >= 0.3 is 0 Å². The lowest BCUT2D eigenvalue weighted by Gasteiger charge is -2.17. The highest BCUT2D eigenvalue weighted by Gasteiger charge is 2.29. The maximum Gasteiger partial charge on any atom is 0.289 e. The lowest BCUT2D eigenvalue weighted by Crippen LogP contribution is -2.33. The molecule has 1 aromatic heterocycles. The van der Waals surface area contributed by atoms with Gasteiger partial charge in [0, 0.05) is 13.0 Å². The largest absolute Gasteiger partial charge is 0.489 e. The number of likely N-dealkylation sites (tertiary alicyclic amines) is 1. The molecule has 25 heavy (non-hydrogen) atoms. The van der Waals surface area contributed by atoms with Gasteiger partial charge in [0.15, 0.2) is 5.82 Å². The van der Waals surface area contributed by atoms with E-state index in [0.717, 1.165) is 12.2 Å². The van der Waals surface area contributed by atoms with Crippen molar-refractivity contribution in [1.29, 1.82) is 0 Å². The number of aromatic nitrogens is 2. The number of rotatable bonds is 3. The van der Waals surface area contributed by atoms with Gasteiger partial charge in [0.1, 0.15) is 11.9 Å². The summed E-state index contributed by atoms with van der Waals surface area (Å²) in [5.74, 6) is 0.588. The summed E-state index contributed by atoms with van der Waals surface area (Å²) >= 11 is 0. The number of carbonyl (C=O) groups is 1. The molecule has 126 valence electrons. The molecule has 2 aromatic carbocycles. The number of benzene rings is 2. The zero-order valence-electron chi connectivity index (χ0n) is 13.5. The number of nitrogens with one attached hydrogen (secondary N) is 1. The number of nitrogens with zero attached hydrogens (tertiary/aromatic N) is 2. The van der Waals surface area contributed by atoms with E-state index in [1.807, 2.05) is 30.3 Å². The number of amides is 1. The summed E-state index contributed by atoms with van der Waals surface area (Å²) in [6.45, 7) is 1.05. The monoisotopic (exact) mass is 335 g/mol. The second-order valence-corrected chi connectivity index (χ2v) is 6.02. The van der Waals surface area contributed by atoms with Crippen molar-refractivity contribution in [2.45, 2.75) is 12.5 Å². The van der Waals surface area contributed by atoms with Gasteiger partial charge in [-0.15, -0.1) is 0 Å². The average Bonchev–Trinajstić information content (AvgIpc) is 3.10. The number of ether oxygens (including phenoxy) is 1. The molecule has 1 unspecified atom stereocenters. The minimum Gasteiger partial charge on any atom is -0.489 e. The van der Waals surface area contributed by atoms with Gasteiger partial charge in [-0.1, -0.05) is 30.3 Å². The van der Waals surface area contributed by atoms with E-state index in [2.05, 4.69) is 9.97 Å². The van der Waals surface area contributed by atoms with Crippen molar-refractivity contribution in [2.75, 3.05) is 13.1 Å². The van der Waals surface area contributed by atoms with E-state index in [9.17, 15) is 9.59 Å². The summed E-state index contributed by atoms with van der Waals surface area (Å²) < 4.78 is 5.90. The third-order valence-corrected chi connectivity index (χ3v) is 4.29. The van der Waals surface area contributed by atoms with Crippen LogP contribution in [0.3, 0.4) is 0 Å². The van der Waals surface area contributed by atoms with Gasteiger partial charge in [-0.2, -0.15) is 0 Å². The van der Waals surface area contributed by atoms with E-state index < -0.39 is 0 Å². The van der Waals surface area contributed by atoms with Crippen molar-refractivity contribution < 1.29 is 9.53 Å². The average molecular weight is 335 g/mol. The molecule has 0 spiro atoms. The molecule has 1 atom stereocenters. The van der Waals surface area contributed by atoms with Gasteiger partial charge in [-0.05, 0) is 24.3 Å². The Labute approximate surface area is 144 Å². The summed E-state index contributed by atoms with van der Waals surface area (Å²) in [4.78, 5) is 33.4. The molecule has 2 heterocycles. The molecule has 0 saturated carbocycles. The summed E-state index contributed by atoms with van der Waals surface area (Å²) in [7, 11) is 0. The Balaban J connectivity index is 1.51. The fraction of sp³-hybridized carbons (Fsp3) is 0.211. The minimum atomic E-state index is -0.301. The summed E-state index contributed by atoms with van der Waals surface area (Å²) in [5, 5.41) is 0.478. The van der Waals surface area contributed by atoms with Crippen LogP contribution in [0.5, 0.6) is 5.75 Å². The van der Waals surface area contributed by atoms with Gasteiger partial charge in [0.05, 0.1) is 17.4 Å². The van der Waals surface area contributed by atoms with Gasteiger partial charge in [-0.25, -0.2) is 4.98 Å². The van der Waals surface area contributed by atoms with Crippen LogP contribution in [0, 0.1) is 0 Å². The third kappa shape index (κ3) is 3.10. The van der Waals surface area contributed by atoms with E-state index in [-0.39, 0.29) is 23.4 Å². The highest BCUT2D eigenvalue weighted by molar-refractivity contribution is 5.92. The van der Waals surface area contributed by atoms with Crippen molar-refractivity contribution in [3.05, 3.63) is 70.8 Å². The first-order valence-corrected chi connectivity index (χ1v) is 8.21. The van der Waals surface area contributed by atoms with E-state index in [1.54, 1.807) is 29.2 Å². The van der Waals surface area contributed by atoms with Crippen LogP contribution in [0.25, 0.3) is 10.9 Å². The second-order valence-electron chi connectivity index (χ2n) is 6.02. The number of aromatic amines is 1. The van der Waals surface area contributed by atoms with Crippen LogP contribution < -0.4 is 10.3 Å². The molecule has 1 aliphatic rings. The van der Waals surface area contributed by atoms with Gasteiger partial charge in [-0.3, -0.25) is 9.59 Å². The first-order chi connectivity index (χ1) is 12.2. The van der Waals surface area contributed by atoms with Gasteiger partial charge in [0.2, 0.25) is 0 Å². The summed E-state index contributed by atoms with van der Waals surface area (Å²) in [6.07, 6.45) is 0.692. The molecule has 6 heteroatoms. The Kier molecular flexibility index (Phi) is 3.93. The second kappa shape index (κ2) is 6.39. The predicted octanol–water partition coefficient (Wildman–Crippen LogP) is 2.22. The molecular weight excluding hydrogens is 318 g/mol. The minimum absolute atomic E-state index is 0.0569. The first-order valence-electron chi connectivity index (χ1n) is 8.21. The van der Waals surface area contributed by atoms with Crippen LogP contribution in [0.2, 0.25) is 0 Å². The van der Waals surface area contributed by atoms with E-state index in [4.69, 9.17) is 4.74 Å². The zero-order valence-corrected chi connectivity index (χ0v) is 13.5. The van der Waals surface area contributed by atoms with Crippen molar-refractivity contribution in [2.24, 2.45) is 0 Å². The van der Waals surface area contributed by atoms with Crippen LogP contribution in [0.4, 0.5) is 0 Å². The molecular formula is C19H17N3O3. The van der Waals surface area contributed by atoms with Crippen molar-refractivity contribution in [1.82, 2.24) is 14.9 Å². The Morgan fingerprint density at radius 2 is 1.88 bits per heavy atom. The molecule has 1 fully saturated rings. The Morgan fingerprint density at radius 3 is 2.72 bits per heavy atom. The Morgan fingerprint density at radius 1 is 1.12 bits per heavy atom. The molecule has 1 saturated heterocycles. The molecule has 3 aromatic rings. The molecule has 1 aliphatic heterocycles. The SMILES string of the molecule is O=C(c1nc2ccccc2c(=O)[nH]1)N1CCC(Oc2ccccc2)C1. The summed E-state index contributed by atoms with van der Waals surface area (Å²) in [5.41, 5.74) is 0.219. The molecule has 1 N–H and O–H groups in total. The Hall–Kier alpha value is -3.15. The zero-order chi connectivity index (χ0) is 17.2. The maximum atomic E-state index is 12.7. The van der Waals surface area contributed by atoms with Crippen LogP contribution in [0.1, 0.15) is 17.0 Å². The Bertz CT molecular complexity index is 968. The lowest BCUT2D eigenvalue weighted by molar-refractivity contribution is 0.0760. The molecule has 0 aliphatic carbocycles. The maximum absolute atomic E-state index is 12.7.